The molecule has 1 N–H and O–H groups in total. The van der Waals surface area contributed by atoms with Gasteiger partial charge in [0.15, 0.2) is 5.82 Å². The summed E-state index contributed by atoms with van der Waals surface area (Å²) >= 11 is 0. The first-order valence-corrected chi connectivity index (χ1v) is 4.56. The van der Waals surface area contributed by atoms with Crippen LogP contribution in [-0.4, -0.2) is 30.5 Å². The highest BCUT2D eigenvalue weighted by Gasteiger charge is 2.18. The predicted octanol–water partition coefficient (Wildman–Crippen LogP) is 1.01. The number of hydrogen-bond acceptors (Lipinski definition) is 5. The Balaban J connectivity index is 2.55. The molecule has 0 radical (unpaired) electrons. The number of aromatic nitrogens is 3. The van der Waals surface area contributed by atoms with Gasteiger partial charge in [0.05, 0.1) is 6.20 Å². The first kappa shape index (κ1) is 11.6. The molecule has 2 rings (SSSR count). The lowest BCUT2D eigenvalue weighted by atomic mass is 10.2. The highest BCUT2D eigenvalue weighted by molar-refractivity contribution is 5.91. The monoisotopic (exact) mass is 252 g/mol. The number of hydrogen-bond donors (Lipinski definition) is 1. The lowest BCUT2D eigenvalue weighted by molar-refractivity contribution is -0.389. The molecule has 0 aromatic carbocycles. The number of pyridine rings is 1. The molecule has 0 spiro atoms. The Morgan fingerprint density at radius 3 is 2.78 bits per heavy atom. The predicted molar refractivity (Wildman–Crippen MR) is 54.9 cm³/mol. The minimum absolute atomic E-state index is 0.149. The van der Waals surface area contributed by atoms with Crippen LogP contribution in [0.4, 0.5) is 10.2 Å². The summed E-state index contributed by atoms with van der Waals surface area (Å²) in [5, 5.41) is 19.3. The van der Waals surface area contributed by atoms with Crippen LogP contribution in [0.1, 0.15) is 10.4 Å². The molecular formula is C9H5FN4O4. The number of halogens is 1. The Kier molecular flexibility index (Phi) is 2.72. The summed E-state index contributed by atoms with van der Waals surface area (Å²) in [7, 11) is 0. The van der Waals surface area contributed by atoms with E-state index < -0.39 is 28.1 Å². The van der Waals surface area contributed by atoms with Gasteiger partial charge in [-0.1, -0.05) is 0 Å². The molecule has 9 heteroatoms. The molecule has 0 aliphatic rings. The smallest absolute Gasteiger partial charge is 0.381 e. The number of imidazole rings is 1. The van der Waals surface area contributed by atoms with Gasteiger partial charge in [-0.05, 0) is 16.0 Å². The number of nitro groups is 1. The topological polar surface area (TPSA) is 111 Å². The minimum Gasteiger partial charge on any atom is -0.478 e. The highest BCUT2D eigenvalue weighted by atomic mass is 19.1. The second-order valence-corrected chi connectivity index (χ2v) is 3.23. The molecule has 2 heterocycles. The standard InChI is InChI=1S/C9H5FN4O4/c10-5-1-6(9(15)16)8(11-2-5)13-3-7(12-4-13)14(17)18/h1-4H,(H,15,16). The summed E-state index contributed by atoms with van der Waals surface area (Å²) in [4.78, 5) is 27.7. The average Bonchev–Trinajstić information content (AvgIpc) is 2.78. The molecule has 18 heavy (non-hydrogen) atoms. The summed E-state index contributed by atoms with van der Waals surface area (Å²) in [5.74, 6) is -2.82. The summed E-state index contributed by atoms with van der Waals surface area (Å²) in [6.45, 7) is 0. The zero-order valence-corrected chi connectivity index (χ0v) is 8.65. The van der Waals surface area contributed by atoms with E-state index in [0.29, 0.717) is 0 Å². The Morgan fingerprint density at radius 1 is 1.50 bits per heavy atom. The quantitative estimate of drug-likeness (QED) is 0.644. The summed E-state index contributed by atoms with van der Waals surface area (Å²) in [6.07, 6.45) is 2.84. The molecule has 0 unspecified atom stereocenters. The van der Waals surface area contributed by atoms with Crippen molar-refractivity contribution in [3.05, 3.63) is 46.3 Å². The summed E-state index contributed by atoms with van der Waals surface area (Å²) < 4.78 is 13.9. The number of rotatable bonds is 3. The Hall–Kier alpha value is -2.84. The highest BCUT2D eigenvalue weighted by Crippen LogP contribution is 2.16. The number of carbonyl (C=O) groups is 1. The molecule has 0 amide bonds. The lowest BCUT2D eigenvalue weighted by Gasteiger charge is -2.03. The average molecular weight is 252 g/mol. The molecular weight excluding hydrogens is 247 g/mol. The zero-order chi connectivity index (χ0) is 13.3. The van der Waals surface area contributed by atoms with E-state index in [1.807, 2.05) is 0 Å². The molecule has 8 nitrogen and oxygen atoms in total. The molecule has 0 aliphatic heterocycles. The van der Waals surface area contributed by atoms with Gasteiger partial charge in [-0.25, -0.2) is 14.2 Å². The van der Waals surface area contributed by atoms with Crippen molar-refractivity contribution in [2.75, 3.05) is 0 Å². The largest absolute Gasteiger partial charge is 0.478 e. The molecule has 0 bridgehead atoms. The maximum Gasteiger partial charge on any atom is 0.381 e. The van der Waals surface area contributed by atoms with Crippen LogP contribution < -0.4 is 0 Å². The van der Waals surface area contributed by atoms with Crippen molar-refractivity contribution in [1.82, 2.24) is 14.5 Å². The van der Waals surface area contributed by atoms with Gasteiger partial charge in [0.1, 0.15) is 17.6 Å². The molecule has 0 saturated carbocycles. The van der Waals surface area contributed by atoms with Crippen LogP contribution in [0.3, 0.4) is 0 Å². The fourth-order valence-corrected chi connectivity index (χ4v) is 1.32. The Morgan fingerprint density at radius 2 is 2.22 bits per heavy atom. The Labute approximate surface area is 98.5 Å². The fourth-order valence-electron chi connectivity index (χ4n) is 1.32. The molecule has 92 valence electrons. The first-order valence-electron chi connectivity index (χ1n) is 4.56. The number of carboxylic acids is 1. The van der Waals surface area contributed by atoms with Crippen molar-refractivity contribution in [3.63, 3.8) is 0 Å². The SMILES string of the molecule is O=C(O)c1cc(F)cnc1-n1cnc([N+](=O)[O-])c1. The fraction of sp³-hybridized carbons (Fsp3) is 0. The third kappa shape index (κ3) is 2.00. The van der Waals surface area contributed by atoms with Gasteiger partial charge in [0.25, 0.3) is 0 Å². The molecule has 0 aliphatic carbocycles. The van der Waals surface area contributed by atoms with Crippen molar-refractivity contribution in [1.29, 1.82) is 0 Å². The van der Waals surface area contributed by atoms with Gasteiger partial charge >= 0.3 is 11.8 Å². The lowest BCUT2D eigenvalue weighted by Crippen LogP contribution is -2.07. The molecule has 0 atom stereocenters. The van der Waals surface area contributed by atoms with Gasteiger partial charge in [0, 0.05) is 0 Å². The Bertz CT molecular complexity index is 639. The molecule has 0 fully saturated rings. The van der Waals surface area contributed by atoms with Crippen LogP contribution in [0.2, 0.25) is 0 Å². The minimum atomic E-state index is -1.40. The van der Waals surface area contributed by atoms with Crippen molar-refractivity contribution in [2.45, 2.75) is 0 Å². The van der Waals surface area contributed by atoms with E-state index in [0.717, 1.165) is 29.4 Å². The van der Waals surface area contributed by atoms with Crippen LogP contribution in [0.5, 0.6) is 0 Å². The number of carboxylic acid groups (broad SMARTS) is 1. The van der Waals surface area contributed by atoms with Crippen LogP contribution in [0.25, 0.3) is 5.82 Å². The van der Waals surface area contributed by atoms with E-state index in [9.17, 15) is 19.3 Å². The first-order chi connectivity index (χ1) is 8.49. The van der Waals surface area contributed by atoms with Gasteiger partial charge in [-0.2, -0.15) is 0 Å². The maximum atomic E-state index is 12.9. The van der Waals surface area contributed by atoms with Gasteiger partial charge in [-0.3, -0.25) is 4.57 Å². The van der Waals surface area contributed by atoms with E-state index in [2.05, 4.69) is 9.97 Å². The maximum absolute atomic E-state index is 12.9. The van der Waals surface area contributed by atoms with Crippen LogP contribution in [0, 0.1) is 15.9 Å². The summed E-state index contributed by atoms with van der Waals surface area (Å²) in [6, 6.07) is 0.774. The molecule has 2 aromatic heterocycles. The van der Waals surface area contributed by atoms with Crippen molar-refractivity contribution < 1.29 is 19.2 Å². The molecule has 0 saturated heterocycles. The third-order valence-corrected chi connectivity index (χ3v) is 2.06. The normalized spacial score (nSPS) is 10.3. The van der Waals surface area contributed by atoms with E-state index >= 15 is 0 Å². The zero-order valence-electron chi connectivity index (χ0n) is 8.65. The number of nitrogens with zero attached hydrogens (tertiary/aromatic N) is 4. The number of aromatic carboxylic acids is 1. The summed E-state index contributed by atoms with van der Waals surface area (Å²) in [5.41, 5.74) is -0.415. The van der Waals surface area contributed by atoms with Gasteiger partial charge < -0.3 is 15.2 Å². The third-order valence-electron chi connectivity index (χ3n) is 2.06. The van der Waals surface area contributed by atoms with Gasteiger partial charge in [-0.15, -0.1) is 0 Å². The van der Waals surface area contributed by atoms with Crippen LogP contribution in [-0.2, 0) is 0 Å². The van der Waals surface area contributed by atoms with E-state index in [1.54, 1.807) is 0 Å². The van der Waals surface area contributed by atoms with Gasteiger partial charge in [0.2, 0.25) is 6.33 Å². The van der Waals surface area contributed by atoms with Crippen molar-refractivity contribution in [2.24, 2.45) is 0 Å². The van der Waals surface area contributed by atoms with E-state index in [1.165, 1.54) is 0 Å². The van der Waals surface area contributed by atoms with E-state index in [-0.39, 0.29) is 5.82 Å². The van der Waals surface area contributed by atoms with Crippen LogP contribution in [0.15, 0.2) is 24.8 Å². The second kappa shape index (κ2) is 4.20. The van der Waals surface area contributed by atoms with Crippen molar-refractivity contribution >= 4 is 11.8 Å². The molecule has 2 aromatic rings. The van der Waals surface area contributed by atoms with Crippen molar-refractivity contribution in [3.8, 4) is 5.82 Å². The van der Waals surface area contributed by atoms with E-state index in [4.69, 9.17) is 5.11 Å². The van der Waals surface area contributed by atoms with Crippen LogP contribution >= 0.6 is 0 Å². The second-order valence-electron chi connectivity index (χ2n) is 3.23.